The Morgan fingerprint density at radius 2 is 2.00 bits per heavy atom. The number of hydrogen-bond donors (Lipinski definition) is 1. The van der Waals surface area contributed by atoms with Crippen molar-refractivity contribution in [3.8, 4) is 11.3 Å². The van der Waals surface area contributed by atoms with Crippen LogP contribution >= 0.6 is 11.3 Å². The van der Waals surface area contributed by atoms with Gasteiger partial charge >= 0.3 is 0 Å². The first-order valence-corrected chi connectivity index (χ1v) is 9.72. The molecule has 4 rings (SSSR count). The highest BCUT2D eigenvalue weighted by Crippen LogP contribution is 2.34. The third-order valence-corrected chi connectivity index (χ3v) is 5.32. The molecule has 0 radical (unpaired) electrons. The van der Waals surface area contributed by atoms with E-state index in [1.54, 1.807) is 11.3 Å². The highest BCUT2D eigenvalue weighted by atomic mass is 32.1. The molecule has 1 amide bonds. The average molecular weight is 363 g/mol. The first-order chi connectivity index (χ1) is 12.6. The van der Waals surface area contributed by atoms with Gasteiger partial charge in [0.2, 0.25) is 5.91 Å². The quantitative estimate of drug-likeness (QED) is 0.701. The molecule has 1 N–H and O–H groups in total. The molecule has 0 bridgehead atoms. The molecule has 0 unspecified atom stereocenters. The fraction of sp³-hybridized carbons (Fsp3) is 0.238. The van der Waals surface area contributed by atoms with Gasteiger partial charge in [0.05, 0.1) is 5.69 Å². The summed E-state index contributed by atoms with van der Waals surface area (Å²) in [6, 6.07) is 16.3. The maximum absolute atomic E-state index is 12.3. The summed E-state index contributed by atoms with van der Waals surface area (Å²) in [7, 11) is 0. The summed E-state index contributed by atoms with van der Waals surface area (Å²) in [5.74, 6) is 0.213. The lowest BCUT2D eigenvalue weighted by Gasteiger charge is -2.19. The second kappa shape index (κ2) is 6.92. The number of anilines is 3. The summed E-state index contributed by atoms with van der Waals surface area (Å²) in [6.07, 6.45) is 0.904. The molecule has 26 heavy (non-hydrogen) atoms. The van der Waals surface area contributed by atoms with Crippen LogP contribution in [-0.4, -0.2) is 17.4 Å². The zero-order valence-corrected chi connectivity index (χ0v) is 15.7. The van der Waals surface area contributed by atoms with Gasteiger partial charge in [-0.3, -0.25) is 4.79 Å². The van der Waals surface area contributed by atoms with Gasteiger partial charge in [-0.15, -0.1) is 11.3 Å². The maximum Gasteiger partial charge on any atom is 0.229 e. The normalized spacial score (nSPS) is 13.1. The number of carbonyl (C=O) groups excluding carboxylic acids is 1. The fourth-order valence-corrected chi connectivity index (χ4v) is 3.95. The minimum atomic E-state index is 0.0192. The summed E-state index contributed by atoms with van der Waals surface area (Å²) in [4.78, 5) is 19.0. The Morgan fingerprint density at radius 1 is 1.19 bits per heavy atom. The Bertz CT molecular complexity index is 933. The van der Waals surface area contributed by atoms with Gasteiger partial charge in [-0.25, -0.2) is 4.98 Å². The van der Waals surface area contributed by atoms with Gasteiger partial charge in [0.15, 0.2) is 5.13 Å². The van der Waals surface area contributed by atoms with E-state index in [-0.39, 0.29) is 11.8 Å². The van der Waals surface area contributed by atoms with Gasteiger partial charge in [0.1, 0.15) is 0 Å². The molecular weight excluding hydrogens is 342 g/mol. The van der Waals surface area contributed by atoms with Crippen molar-refractivity contribution in [2.24, 2.45) is 5.92 Å². The lowest BCUT2D eigenvalue weighted by atomic mass is 10.1. The molecule has 1 aromatic heterocycles. The Balaban J connectivity index is 1.56. The SMILES string of the molecule is CC(C)C(=O)N1CCc2cc(-c3csc(Nc4ccccc4)n3)ccc21. The standard InChI is InChI=1S/C21H21N3OS/c1-14(2)20(25)24-11-10-16-12-15(8-9-19(16)24)18-13-26-21(23-18)22-17-6-4-3-5-7-17/h3-9,12-14H,10-11H2,1-2H3,(H,22,23). The molecule has 2 aromatic carbocycles. The molecule has 0 aliphatic carbocycles. The number of aromatic nitrogens is 1. The van der Waals surface area contributed by atoms with Gasteiger partial charge in [-0.1, -0.05) is 38.1 Å². The molecule has 0 fully saturated rings. The molecule has 0 saturated heterocycles. The van der Waals surface area contributed by atoms with Crippen LogP contribution in [0.2, 0.25) is 0 Å². The summed E-state index contributed by atoms with van der Waals surface area (Å²) >= 11 is 1.60. The molecule has 132 valence electrons. The van der Waals surface area contributed by atoms with E-state index >= 15 is 0 Å². The smallest absolute Gasteiger partial charge is 0.229 e. The summed E-state index contributed by atoms with van der Waals surface area (Å²) in [5, 5.41) is 6.28. The maximum atomic E-state index is 12.3. The Morgan fingerprint density at radius 3 is 2.77 bits per heavy atom. The second-order valence-corrected chi connectivity index (χ2v) is 7.63. The monoisotopic (exact) mass is 363 g/mol. The Hall–Kier alpha value is -2.66. The third-order valence-electron chi connectivity index (χ3n) is 4.56. The second-order valence-electron chi connectivity index (χ2n) is 6.77. The van der Waals surface area contributed by atoms with Crippen molar-refractivity contribution >= 4 is 33.8 Å². The number of amides is 1. The van der Waals surface area contributed by atoms with Crippen LogP contribution in [0.25, 0.3) is 11.3 Å². The van der Waals surface area contributed by atoms with E-state index in [1.807, 2.05) is 49.1 Å². The van der Waals surface area contributed by atoms with E-state index in [0.29, 0.717) is 0 Å². The number of carbonyl (C=O) groups is 1. The van der Waals surface area contributed by atoms with Crippen molar-refractivity contribution in [2.45, 2.75) is 20.3 Å². The topological polar surface area (TPSA) is 45.2 Å². The fourth-order valence-electron chi connectivity index (χ4n) is 3.21. The lowest BCUT2D eigenvalue weighted by molar-refractivity contribution is -0.121. The molecule has 5 heteroatoms. The zero-order valence-electron chi connectivity index (χ0n) is 14.9. The van der Waals surface area contributed by atoms with Gasteiger partial charge in [0, 0.05) is 34.8 Å². The van der Waals surface area contributed by atoms with E-state index in [0.717, 1.165) is 40.7 Å². The largest absolute Gasteiger partial charge is 0.332 e. The van der Waals surface area contributed by atoms with Crippen LogP contribution in [-0.2, 0) is 11.2 Å². The predicted octanol–water partition coefficient (Wildman–Crippen LogP) is 5.10. The van der Waals surface area contributed by atoms with Crippen LogP contribution in [0.15, 0.2) is 53.9 Å². The van der Waals surface area contributed by atoms with E-state index in [4.69, 9.17) is 4.98 Å². The molecule has 3 aromatic rings. The molecule has 0 saturated carbocycles. The molecule has 4 nitrogen and oxygen atoms in total. The van der Waals surface area contributed by atoms with E-state index in [9.17, 15) is 4.79 Å². The molecule has 1 aliphatic rings. The molecule has 0 atom stereocenters. The third kappa shape index (κ3) is 3.22. The Labute approximate surface area is 157 Å². The van der Waals surface area contributed by atoms with Crippen molar-refractivity contribution in [2.75, 3.05) is 16.8 Å². The van der Waals surface area contributed by atoms with Crippen LogP contribution < -0.4 is 10.2 Å². The average Bonchev–Trinajstić information content (AvgIpc) is 3.28. The highest BCUT2D eigenvalue weighted by molar-refractivity contribution is 7.14. The first-order valence-electron chi connectivity index (χ1n) is 8.84. The number of rotatable bonds is 4. The van der Waals surface area contributed by atoms with Crippen LogP contribution in [0.4, 0.5) is 16.5 Å². The predicted molar refractivity (Wildman–Crippen MR) is 108 cm³/mol. The van der Waals surface area contributed by atoms with Crippen LogP contribution in [0.5, 0.6) is 0 Å². The Kier molecular flexibility index (Phi) is 4.47. The van der Waals surface area contributed by atoms with Crippen LogP contribution in [0, 0.1) is 5.92 Å². The molecule has 2 heterocycles. The molecule has 1 aliphatic heterocycles. The van der Waals surface area contributed by atoms with Crippen LogP contribution in [0.3, 0.4) is 0 Å². The minimum Gasteiger partial charge on any atom is -0.332 e. The summed E-state index contributed by atoms with van der Waals surface area (Å²) < 4.78 is 0. The van der Waals surface area contributed by atoms with Crippen molar-refractivity contribution in [3.63, 3.8) is 0 Å². The van der Waals surface area contributed by atoms with E-state index < -0.39 is 0 Å². The number of fused-ring (bicyclic) bond motifs is 1. The number of thiazole rings is 1. The summed E-state index contributed by atoms with van der Waals surface area (Å²) in [5.41, 5.74) is 5.36. The van der Waals surface area contributed by atoms with Crippen molar-refractivity contribution in [3.05, 3.63) is 59.5 Å². The number of nitrogens with one attached hydrogen (secondary N) is 1. The van der Waals surface area contributed by atoms with Crippen molar-refractivity contribution in [1.82, 2.24) is 4.98 Å². The van der Waals surface area contributed by atoms with Gasteiger partial charge in [0.25, 0.3) is 0 Å². The number of nitrogens with zero attached hydrogens (tertiary/aromatic N) is 2. The van der Waals surface area contributed by atoms with Crippen molar-refractivity contribution in [1.29, 1.82) is 0 Å². The van der Waals surface area contributed by atoms with E-state index in [1.165, 1.54) is 5.56 Å². The zero-order chi connectivity index (χ0) is 18.1. The number of para-hydroxylation sites is 1. The number of hydrogen-bond acceptors (Lipinski definition) is 4. The van der Waals surface area contributed by atoms with Gasteiger partial charge in [-0.2, -0.15) is 0 Å². The van der Waals surface area contributed by atoms with Crippen molar-refractivity contribution < 1.29 is 4.79 Å². The minimum absolute atomic E-state index is 0.0192. The lowest BCUT2D eigenvalue weighted by Crippen LogP contribution is -2.32. The first kappa shape index (κ1) is 16.8. The molecular formula is C21H21N3OS. The molecule has 0 spiro atoms. The summed E-state index contributed by atoms with van der Waals surface area (Å²) in [6.45, 7) is 4.67. The van der Waals surface area contributed by atoms with Crippen LogP contribution in [0.1, 0.15) is 19.4 Å². The number of benzene rings is 2. The van der Waals surface area contributed by atoms with Gasteiger partial charge < -0.3 is 10.2 Å². The highest BCUT2D eigenvalue weighted by Gasteiger charge is 2.26. The van der Waals surface area contributed by atoms with E-state index in [2.05, 4.69) is 28.9 Å². The van der Waals surface area contributed by atoms with Gasteiger partial charge in [-0.05, 0) is 36.2 Å².